The Balaban J connectivity index is 1.95. The lowest BCUT2D eigenvalue weighted by atomic mass is 10.2. The zero-order valence-electron chi connectivity index (χ0n) is 10.8. The standard InChI is InChI=1S/C16H9F2NO2/c17-11-5-6-13(18)10(7-11)9-20-16-12-3-1-2-4-14(12)21-15(16)8-19/h1-7H,9H2. The highest BCUT2D eigenvalue weighted by atomic mass is 19.1. The van der Waals surface area contributed by atoms with Crippen molar-refractivity contribution >= 4 is 11.0 Å². The SMILES string of the molecule is N#Cc1oc2ccccc2c1OCc1cc(F)ccc1F. The summed E-state index contributed by atoms with van der Waals surface area (Å²) in [6.07, 6.45) is 0. The van der Waals surface area contributed by atoms with Gasteiger partial charge in [0.05, 0.1) is 5.39 Å². The fourth-order valence-electron chi connectivity index (χ4n) is 2.04. The maximum atomic E-state index is 13.6. The second-order valence-corrected chi connectivity index (χ2v) is 4.39. The number of ether oxygens (including phenoxy) is 1. The van der Waals surface area contributed by atoms with Crippen molar-refractivity contribution in [1.82, 2.24) is 0 Å². The third-order valence-electron chi connectivity index (χ3n) is 3.03. The predicted octanol–water partition coefficient (Wildman–Crippen LogP) is 4.16. The van der Waals surface area contributed by atoms with Crippen molar-refractivity contribution in [3.8, 4) is 11.8 Å². The van der Waals surface area contributed by atoms with Crippen LogP contribution in [0.1, 0.15) is 11.3 Å². The summed E-state index contributed by atoms with van der Waals surface area (Å²) in [4.78, 5) is 0. The minimum absolute atomic E-state index is 0.00742. The normalized spacial score (nSPS) is 10.5. The van der Waals surface area contributed by atoms with Crippen LogP contribution in [-0.2, 0) is 6.61 Å². The van der Waals surface area contributed by atoms with Gasteiger partial charge in [-0.15, -0.1) is 0 Å². The van der Waals surface area contributed by atoms with Gasteiger partial charge in [-0.05, 0) is 30.3 Å². The first-order valence-electron chi connectivity index (χ1n) is 6.17. The monoisotopic (exact) mass is 285 g/mol. The van der Waals surface area contributed by atoms with Crippen LogP contribution in [0.3, 0.4) is 0 Å². The minimum Gasteiger partial charge on any atom is -0.483 e. The van der Waals surface area contributed by atoms with E-state index in [2.05, 4.69) is 0 Å². The molecule has 5 heteroatoms. The van der Waals surface area contributed by atoms with E-state index in [-0.39, 0.29) is 23.7 Å². The van der Waals surface area contributed by atoms with Gasteiger partial charge >= 0.3 is 0 Å². The second-order valence-electron chi connectivity index (χ2n) is 4.39. The number of fused-ring (bicyclic) bond motifs is 1. The Labute approximate surface area is 119 Å². The van der Waals surface area contributed by atoms with Crippen LogP contribution in [0.5, 0.6) is 5.75 Å². The molecule has 0 amide bonds. The molecule has 0 bridgehead atoms. The second kappa shape index (κ2) is 5.25. The van der Waals surface area contributed by atoms with Crippen molar-refractivity contribution in [3.05, 3.63) is 65.4 Å². The lowest BCUT2D eigenvalue weighted by Crippen LogP contribution is -1.99. The summed E-state index contributed by atoms with van der Waals surface area (Å²) in [5.41, 5.74) is 0.577. The number of rotatable bonds is 3. The summed E-state index contributed by atoms with van der Waals surface area (Å²) >= 11 is 0. The predicted molar refractivity (Wildman–Crippen MR) is 71.6 cm³/mol. The van der Waals surface area contributed by atoms with E-state index in [1.165, 1.54) is 0 Å². The fraction of sp³-hybridized carbons (Fsp3) is 0.0625. The van der Waals surface area contributed by atoms with E-state index < -0.39 is 11.6 Å². The molecule has 21 heavy (non-hydrogen) atoms. The molecule has 3 rings (SSSR count). The van der Waals surface area contributed by atoms with Gasteiger partial charge in [-0.1, -0.05) is 12.1 Å². The van der Waals surface area contributed by atoms with E-state index in [9.17, 15) is 8.78 Å². The van der Waals surface area contributed by atoms with Gasteiger partial charge in [-0.2, -0.15) is 5.26 Å². The minimum atomic E-state index is -0.567. The number of halogens is 2. The molecule has 0 unspecified atom stereocenters. The van der Waals surface area contributed by atoms with Crippen molar-refractivity contribution in [2.75, 3.05) is 0 Å². The van der Waals surface area contributed by atoms with Crippen molar-refractivity contribution in [1.29, 1.82) is 5.26 Å². The molecule has 0 spiro atoms. The van der Waals surface area contributed by atoms with Gasteiger partial charge in [0.25, 0.3) is 0 Å². The molecule has 2 aromatic carbocycles. The fourth-order valence-corrected chi connectivity index (χ4v) is 2.04. The van der Waals surface area contributed by atoms with Gasteiger partial charge in [0.2, 0.25) is 5.76 Å². The van der Waals surface area contributed by atoms with Gasteiger partial charge in [0, 0.05) is 5.56 Å². The van der Waals surface area contributed by atoms with Crippen LogP contribution in [-0.4, -0.2) is 0 Å². The van der Waals surface area contributed by atoms with Gasteiger partial charge in [-0.25, -0.2) is 8.78 Å². The van der Waals surface area contributed by atoms with Crippen molar-refractivity contribution < 1.29 is 17.9 Å². The Morgan fingerprint density at radius 3 is 2.76 bits per heavy atom. The highest BCUT2D eigenvalue weighted by Crippen LogP contribution is 2.33. The summed E-state index contributed by atoms with van der Waals surface area (Å²) in [5.74, 6) is -0.875. The third kappa shape index (κ3) is 2.43. The molecule has 1 heterocycles. The van der Waals surface area contributed by atoms with Gasteiger partial charge in [0.1, 0.15) is 29.9 Å². The van der Waals surface area contributed by atoms with Crippen LogP contribution < -0.4 is 4.74 Å². The Morgan fingerprint density at radius 2 is 1.95 bits per heavy atom. The van der Waals surface area contributed by atoms with Crippen LogP contribution in [0.25, 0.3) is 11.0 Å². The zero-order chi connectivity index (χ0) is 14.8. The molecule has 1 aromatic heterocycles. The Hall–Kier alpha value is -2.87. The first-order chi connectivity index (χ1) is 10.2. The molecular weight excluding hydrogens is 276 g/mol. The van der Waals surface area contributed by atoms with Crippen molar-refractivity contribution in [3.63, 3.8) is 0 Å². The Kier molecular flexibility index (Phi) is 3.28. The summed E-state index contributed by atoms with van der Waals surface area (Å²) in [6, 6.07) is 12.0. The molecule has 0 saturated carbocycles. The van der Waals surface area contributed by atoms with E-state index >= 15 is 0 Å². The zero-order valence-corrected chi connectivity index (χ0v) is 10.8. The number of nitriles is 1. The van der Waals surface area contributed by atoms with Gasteiger partial charge in [0.15, 0.2) is 5.75 Å². The Morgan fingerprint density at radius 1 is 1.14 bits per heavy atom. The first kappa shape index (κ1) is 13.1. The van der Waals surface area contributed by atoms with E-state index in [4.69, 9.17) is 14.4 Å². The molecule has 0 saturated heterocycles. The average Bonchev–Trinajstić information content (AvgIpc) is 2.86. The molecule has 104 valence electrons. The molecule has 0 atom stereocenters. The topological polar surface area (TPSA) is 46.2 Å². The van der Waals surface area contributed by atoms with Crippen molar-refractivity contribution in [2.24, 2.45) is 0 Å². The maximum Gasteiger partial charge on any atom is 0.246 e. The van der Waals surface area contributed by atoms with E-state index in [0.717, 1.165) is 18.2 Å². The number of furan rings is 1. The molecule has 3 nitrogen and oxygen atoms in total. The highest BCUT2D eigenvalue weighted by molar-refractivity contribution is 5.86. The number of nitrogens with zero attached hydrogens (tertiary/aromatic N) is 1. The smallest absolute Gasteiger partial charge is 0.246 e. The van der Waals surface area contributed by atoms with Crippen LogP contribution in [0, 0.1) is 23.0 Å². The lowest BCUT2D eigenvalue weighted by Gasteiger charge is -2.06. The largest absolute Gasteiger partial charge is 0.483 e. The first-order valence-corrected chi connectivity index (χ1v) is 6.17. The average molecular weight is 285 g/mol. The molecular formula is C16H9F2NO2. The molecule has 0 aliphatic carbocycles. The van der Waals surface area contributed by atoms with Crippen LogP contribution in [0.2, 0.25) is 0 Å². The maximum absolute atomic E-state index is 13.6. The number of hydrogen-bond donors (Lipinski definition) is 0. The van der Waals surface area contributed by atoms with Crippen LogP contribution in [0.4, 0.5) is 8.78 Å². The summed E-state index contributed by atoms with van der Waals surface area (Å²) in [6.45, 7) is -0.193. The van der Waals surface area contributed by atoms with E-state index in [1.54, 1.807) is 24.3 Å². The van der Waals surface area contributed by atoms with E-state index in [0.29, 0.717) is 11.0 Å². The van der Waals surface area contributed by atoms with Crippen LogP contribution in [0.15, 0.2) is 46.9 Å². The molecule has 0 N–H and O–H groups in total. The molecule has 0 fully saturated rings. The molecule has 0 aliphatic rings. The third-order valence-corrected chi connectivity index (χ3v) is 3.03. The van der Waals surface area contributed by atoms with Crippen molar-refractivity contribution in [2.45, 2.75) is 6.61 Å². The number of para-hydroxylation sites is 1. The molecule has 0 radical (unpaired) electrons. The summed E-state index contributed by atoms with van der Waals surface area (Å²) in [5, 5.41) is 9.67. The summed E-state index contributed by atoms with van der Waals surface area (Å²) in [7, 11) is 0. The van der Waals surface area contributed by atoms with Crippen LogP contribution >= 0.6 is 0 Å². The van der Waals surface area contributed by atoms with Gasteiger partial charge in [-0.3, -0.25) is 0 Å². The van der Waals surface area contributed by atoms with E-state index in [1.807, 2.05) is 6.07 Å². The quantitative estimate of drug-likeness (QED) is 0.725. The highest BCUT2D eigenvalue weighted by Gasteiger charge is 2.16. The van der Waals surface area contributed by atoms with Gasteiger partial charge < -0.3 is 9.15 Å². The molecule has 0 aliphatic heterocycles. The molecule has 3 aromatic rings. The lowest BCUT2D eigenvalue weighted by molar-refractivity contribution is 0.296. The number of hydrogen-bond acceptors (Lipinski definition) is 3. The summed E-state index contributed by atoms with van der Waals surface area (Å²) < 4.78 is 37.5. The Bertz CT molecular complexity index is 849. The number of benzene rings is 2.